The van der Waals surface area contributed by atoms with E-state index in [-0.39, 0.29) is 6.23 Å². The number of hydrogen-bond donors (Lipinski definition) is 2. The molecule has 1 atom stereocenters. The maximum absolute atomic E-state index is 9.39. The third-order valence-electron chi connectivity index (χ3n) is 2.20. The first-order valence-corrected chi connectivity index (χ1v) is 4.41. The van der Waals surface area contributed by atoms with Crippen LogP contribution in [0.5, 0.6) is 0 Å². The largest absolute Gasteiger partial charge is 0.378 e. The smallest absolute Gasteiger partial charge is 0.107 e. The molecule has 0 bridgehead atoms. The van der Waals surface area contributed by atoms with Gasteiger partial charge < -0.3 is 10.4 Å². The zero-order valence-corrected chi connectivity index (χ0v) is 7.21. The fourth-order valence-corrected chi connectivity index (χ4v) is 1.53. The summed E-state index contributed by atoms with van der Waals surface area (Å²) in [5, 5.41) is 12.5. The second-order valence-electron chi connectivity index (χ2n) is 3.12. The Morgan fingerprint density at radius 3 is 3.00 bits per heavy atom. The number of nitrogens with one attached hydrogen (secondary N) is 1. The molecule has 0 aromatic heterocycles. The summed E-state index contributed by atoms with van der Waals surface area (Å²) in [6.07, 6.45) is 3.08. The van der Waals surface area contributed by atoms with E-state index in [1.54, 1.807) is 0 Å². The Kier molecular flexibility index (Phi) is 3.83. The molecule has 1 unspecified atom stereocenters. The molecule has 1 rings (SSSR count). The third-order valence-corrected chi connectivity index (χ3v) is 2.20. The van der Waals surface area contributed by atoms with Crippen molar-refractivity contribution in [2.75, 3.05) is 26.7 Å². The molecule has 0 aromatic carbocycles. The highest BCUT2D eigenvalue weighted by atomic mass is 16.3. The summed E-state index contributed by atoms with van der Waals surface area (Å²) >= 11 is 0. The van der Waals surface area contributed by atoms with E-state index in [0.717, 1.165) is 38.9 Å². The van der Waals surface area contributed by atoms with Crippen molar-refractivity contribution in [1.82, 2.24) is 10.2 Å². The first kappa shape index (κ1) is 8.97. The molecule has 0 aliphatic carbocycles. The summed E-state index contributed by atoms with van der Waals surface area (Å²) in [6, 6.07) is 0. The molecule has 66 valence electrons. The highest BCUT2D eigenvalue weighted by molar-refractivity contribution is 4.70. The minimum atomic E-state index is -0.160. The molecule has 3 nitrogen and oxygen atoms in total. The molecule has 0 spiro atoms. The number of likely N-dealkylation sites (tertiary alicyclic amines) is 1. The van der Waals surface area contributed by atoms with E-state index in [1.165, 1.54) is 0 Å². The second kappa shape index (κ2) is 4.70. The maximum atomic E-state index is 9.39. The van der Waals surface area contributed by atoms with Crippen LogP contribution in [0.15, 0.2) is 0 Å². The Hall–Kier alpha value is -0.120. The van der Waals surface area contributed by atoms with Crippen LogP contribution in [0, 0.1) is 0 Å². The van der Waals surface area contributed by atoms with E-state index < -0.39 is 0 Å². The van der Waals surface area contributed by atoms with E-state index in [9.17, 15) is 5.11 Å². The van der Waals surface area contributed by atoms with Gasteiger partial charge in [-0.1, -0.05) is 0 Å². The zero-order chi connectivity index (χ0) is 8.10. The van der Waals surface area contributed by atoms with Crippen molar-refractivity contribution in [3.8, 4) is 0 Å². The summed E-state index contributed by atoms with van der Waals surface area (Å²) in [4.78, 5) is 2.15. The molecule has 0 amide bonds. The topological polar surface area (TPSA) is 35.5 Å². The number of aliphatic hydroxyl groups is 1. The van der Waals surface area contributed by atoms with Crippen molar-refractivity contribution >= 4 is 0 Å². The van der Waals surface area contributed by atoms with E-state index in [2.05, 4.69) is 10.2 Å². The first-order chi connectivity index (χ1) is 5.34. The summed E-state index contributed by atoms with van der Waals surface area (Å²) in [7, 11) is 1.96. The van der Waals surface area contributed by atoms with Gasteiger partial charge >= 0.3 is 0 Å². The van der Waals surface area contributed by atoms with Crippen LogP contribution in [0.25, 0.3) is 0 Å². The Morgan fingerprint density at radius 2 is 2.45 bits per heavy atom. The number of hydrogen-bond acceptors (Lipinski definition) is 3. The Bertz CT molecular complexity index is 108. The molecule has 3 heteroatoms. The van der Waals surface area contributed by atoms with Crippen LogP contribution >= 0.6 is 0 Å². The molecule has 0 aromatic rings. The van der Waals surface area contributed by atoms with Gasteiger partial charge in [-0.2, -0.15) is 0 Å². The van der Waals surface area contributed by atoms with Crippen LogP contribution in [-0.2, 0) is 0 Å². The van der Waals surface area contributed by atoms with Gasteiger partial charge in [-0.25, -0.2) is 0 Å². The minimum Gasteiger partial charge on any atom is -0.378 e. The Morgan fingerprint density at radius 1 is 1.64 bits per heavy atom. The SMILES string of the molecule is CNCCCN1CCCC1O. The Balaban J connectivity index is 2.05. The lowest BCUT2D eigenvalue weighted by Gasteiger charge is -2.19. The predicted molar refractivity (Wildman–Crippen MR) is 45.4 cm³/mol. The fraction of sp³-hybridized carbons (Fsp3) is 1.00. The highest BCUT2D eigenvalue weighted by Crippen LogP contribution is 2.13. The van der Waals surface area contributed by atoms with E-state index >= 15 is 0 Å². The molecule has 0 saturated carbocycles. The van der Waals surface area contributed by atoms with Crippen LogP contribution in [0.3, 0.4) is 0 Å². The average Bonchev–Trinajstić information content (AvgIpc) is 2.37. The summed E-state index contributed by atoms with van der Waals surface area (Å²) in [6.45, 7) is 3.15. The molecule has 0 radical (unpaired) electrons. The van der Waals surface area contributed by atoms with Crippen LogP contribution in [0.2, 0.25) is 0 Å². The van der Waals surface area contributed by atoms with Gasteiger partial charge in [0.2, 0.25) is 0 Å². The molecule has 1 fully saturated rings. The zero-order valence-electron chi connectivity index (χ0n) is 7.21. The van der Waals surface area contributed by atoms with Crippen molar-refractivity contribution in [2.24, 2.45) is 0 Å². The number of nitrogens with zero attached hydrogens (tertiary/aromatic N) is 1. The van der Waals surface area contributed by atoms with Crippen molar-refractivity contribution in [3.05, 3.63) is 0 Å². The van der Waals surface area contributed by atoms with Gasteiger partial charge in [0.1, 0.15) is 6.23 Å². The molecule has 1 aliphatic heterocycles. The van der Waals surface area contributed by atoms with Gasteiger partial charge in [0.05, 0.1) is 0 Å². The lowest BCUT2D eigenvalue weighted by Crippen LogP contribution is -2.31. The second-order valence-corrected chi connectivity index (χ2v) is 3.12. The van der Waals surface area contributed by atoms with Crippen molar-refractivity contribution in [3.63, 3.8) is 0 Å². The molecule has 1 saturated heterocycles. The van der Waals surface area contributed by atoms with Gasteiger partial charge in [0.15, 0.2) is 0 Å². The van der Waals surface area contributed by atoms with Gasteiger partial charge in [-0.15, -0.1) is 0 Å². The third kappa shape index (κ3) is 2.77. The summed E-state index contributed by atoms with van der Waals surface area (Å²) < 4.78 is 0. The van der Waals surface area contributed by atoms with Gasteiger partial charge in [0.25, 0.3) is 0 Å². The minimum absolute atomic E-state index is 0.160. The van der Waals surface area contributed by atoms with Crippen molar-refractivity contribution in [1.29, 1.82) is 0 Å². The normalized spacial score (nSPS) is 26.2. The molecular formula is C8H18N2O. The predicted octanol–water partition coefficient (Wildman–Crippen LogP) is 0.0101. The summed E-state index contributed by atoms with van der Waals surface area (Å²) in [5.74, 6) is 0. The van der Waals surface area contributed by atoms with Crippen LogP contribution < -0.4 is 5.32 Å². The summed E-state index contributed by atoms with van der Waals surface area (Å²) in [5.41, 5.74) is 0. The molecular weight excluding hydrogens is 140 g/mol. The van der Waals surface area contributed by atoms with Gasteiger partial charge in [0, 0.05) is 13.1 Å². The monoisotopic (exact) mass is 158 g/mol. The highest BCUT2D eigenvalue weighted by Gasteiger charge is 2.20. The maximum Gasteiger partial charge on any atom is 0.107 e. The first-order valence-electron chi connectivity index (χ1n) is 4.41. The average molecular weight is 158 g/mol. The van der Waals surface area contributed by atoms with Crippen LogP contribution in [0.1, 0.15) is 19.3 Å². The molecule has 11 heavy (non-hydrogen) atoms. The molecule has 1 aliphatic rings. The standard InChI is InChI=1S/C8H18N2O/c1-9-5-3-7-10-6-2-4-8(10)11/h8-9,11H,2-7H2,1H3. The van der Waals surface area contributed by atoms with E-state index in [1.807, 2.05) is 7.05 Å². The van der Waals surface area contributed by atoms with Crippen LogP contribution in [-0.4, -0.2) is 42.9 Å². The van der Waals surface area contributed by atoms with E-state index in [4.69, 9.17) is 0 Å². The van der Waals surface area contributed by atoms with Crippen molar-refractivity contribution in [2.45, 2.75) is 25.5 Å². The quantitative estimate of drug-likeness (QED) is 0.566. The van der Waals surface area contributed by atoms with E-state index in [0.29, 0.717) is 0 Å². The molecule has 1 heterocycles. The lowest BCUT2D eigenvalue weighted by atomic mass is 10.4. The van der Waals surface area contributed by atoms with Gasteiger partial charge in [-0.05, 0) is 32.9 Å². The fourth-order valence-electron chi connectivity index (χ4n) is 1.53. The van der Waals surface area contributed by atoms with Crippen LogP contribution in [0.4, 0.5) is 0 Å². The van der Waals surface area contributed by atoms with Crippen molar-refractivity contribution < 1.29 is 5.11 Å². The molecule has 2 N–H and O–H groups in total. The number of aliphatic hydroxyl groups excluding tert-OH is 1. The lowest BCUT2D eigenvalue weighted by molar-refractivity contribution is 0.0378. The number of rotatable bonds is 4. The Labute approximate surface area is 68.4 Å². The van der Waals surface area contributed by atoms with Gasteiger partial charge in [-0.3, -0.25) is 4.90 Å².